The quantitative estimate of drug-likeness (QED) is 0.0983. The van der Waals surface area contributed by atoms with Crippen molar-refractivity contribution in [3.05, 3.63) is 89.4 Å². The van der Waals surface area contributed by atoms with Gasteiger partial charge in [0.2, 0.25) is 12.0 Å². The molecule has 0 radical (unpaired) electrons. The number of nitrogens with zero attached hydrogens (tertiary/aromatic N) is 3. The Balaban J connectivity index is 0.000000277. The van der Waals surface area contributed by atoms with Crippen LogP contribution in [-0.2, 0) is 30.4 Å². The lowest BCUT2D eigenvalue weighted by molar-refractivity contribution is -0.149. The Hall–Kier alpha value is -3.61. The van der Waals surface area contributed by atoms with Gasteiger partial charge in [0.1, 0.15) is 23.4 Å². The second-order valence-electron chi connectivity index (χ2n) is 12.2. The zero-order chi connectivity index (χ0) is 34.8. The second kappa shape index (κ2) is 17.0. The Morgan fingerprint density at radius 3 is 2.23 bits per heavy atom. The summed E-state index contributed by atoms with van der Waals surface area (Å²) >= 11 is 5.32. The fraction of sp³-hybridized carbons (Fsp3) is 0.444. The van der Waals surface area contributed by atoms with Crippen LogP contribution < -0.4 is 9.26 Å². The predicted octanol–water partition coefficient (Wildman–Crippen LogP) is 9.41. The Morgan fingerprint density at radius 2 is 1.66 bits per heavy atom. The van der Waals surface area contributed by atoms with Crippen molar-refractivity contribution in [1.29, 1.82) is 5.26 Å². The van der Waals surface area contributed by atoms with Crippen molar-refractivity contribution in [2.24, 2.45) is 17.3 Å². The maximum absolute atomic E-state index is 12.7. The number of hydrogen-bond acceptors (Lipinski definition) is 10. The van der Waals surface area contributed by atoms with Gasteiger partial charge in [-0.2, -0.15) is 10.2 Å². The molecular weight excluding hydrogens is 633 g/mol. The molecule has 252 valence electrons. The fourth-order valence-electron chi connectivity index (χ4n) is 4.91. The minimum absolute atomic E-state index is 0.146. The lowest BCUT2D eigenvalue weighted by atomic mass is 10.1. The van der Waals surface area contributed by atoms with E-state index in [0.29, 0.717) is 36.2 Å². The molecule has 0 amide bonds. The van der Waals surface area contributed by atoms with E-state index in [1.54, 1.807) is 24.3 Å². The zero-order valence-electron chi connectivity index (χ0n) is 28.7. The molecule has 3 atom stereocenters. The molecule has 1 heterocycles. The number of benzene rings is 2. The Labute approximate surface area is 284 Å². The summed E-state index contributed by atoms with van der Waals surface area (Å²) in [6.45, 7) is 15.9. The van der Waals surface area contributed by atoms with E-state index in [9.17, 15) is 10.1 Å². The summed E-state index contributed by atoms with van der Waals surface area (Å²) in [5.74, 6) is 2.27. The molecule has 4 rings (SSSR count). The number of ether oxygens (including phenoxy) is 2. The first-order valence-corrected chi connectivity index (χ1v) is 18.3. The van der Waals surface area contributed by atoms with Crippen LogP contribution in [0.5, 0.6) is 17.4 Å². The van der Waals surface area contributed by atoms with E-state index in [2.05, 4.69) is 36.0 Å². The molecule has 0 spiro atoms. The van der Waals surface area contributed by atoms with Crippen LogP contribution in [0.15, 0.2) is 72.3 Å². The van der Waals surface area contributed by atoms with Crippen LogP contribution in [-0.4, -0.2) is 29.2 Å². The third-order valence-corrected chi connectivity index (χ3v) is 9.73. The average Bonchev–Trinajstić information content (AvgIpc) is 3.54. The molecule has 9 nitrogen and oxygen atoms in total. The SMILES string of the molecule is CC(C)=CC1C(C(=O)OC(C#N)c2cccc(Oc3ccccc3)c2)C1(C)C.CCOP(=S)(OCC)Oc1cc(C)nc(C(C)C)n1. The number of carbonyl (C=O) groups excluding carboxylic acids is 1. The first-order chi connectivity index (χ1) is 22.2. The normalized spacial score (nSPS) is 17.0. The monoisotopic (exact) mass is 679 g/mol. The Bertz CT molecular complexity index is 1610. The Kier molecular flexibility index (Phi) is 13.7. The number of aromatic nitrogens is 2. The summed E-state index contributed by atoms with van der Waals surface area (Å²) in [5.41, 5.74) is 2.47. The molecule has 0 saturated heterocycles. The van der Waals surface area contributed by atoms with Gasteiger partial charge in [0.25, 0.3) is 0 Å². The average molecular weight is 680 g/mol. The standard InChI is InChI=1S/C24H25NO3.C12H21N2O3PS/c1-16(2)13-20-22(24(20,3)4)23(26)28-21(15-25)17-9-8-12-19(14-17)27-18-10-6-5-7-11-18;1-6-15-18(19,16-7-2)17-11-8-10(5)13-12(14-11)9(3)4/h5-14,20-22H,1-4H3;8-9H,6-7H2,1-5H3. The zero-order valence-corrected chi connectivity index (χ0v) is 30.4. The summed E-state index contributed by atoms with van der Waals surface area (Å²) in [5, 5.41) is 9.57. The second-order valence-corrected chi connectivity index (χ2v) is 15.2. The van der Waals surface area contributed by atoms with Gasteiger partial charge in [-0.3, -0.25) is 13.8 Å². The lowest BCUT2D eigenvalue weighted by Crippen LogP contribution is -2.14. The van der Waals surface area contributed by atoms with E-state index >= 15 is 0 Å². The highest BCUT2D eigenvalue weighted by Crippen LogP contribution is 2.60. The van der Waals surface area contributed by atoms with Crippen LogP contribution in [0.3, 0.4) is 0 Å². The number of nitriles is 1. The number of esters is 1. The fourth-order valence-corrected chi connectivity index (χ4v) is 6.91. The molecule has 0 bridgehead atoms. The van der Waals surface area contributed by atoms with E-state index in [0.717, 1.165) is 11.5 Å². The van der Waals surface area contributed by atoms with Crippen LogP contribution in [0.2, 0.25) is 0 Å². The van der Waals surface area contributed by atoms with Gasteiger partial charge < -0.3 is 14.0 Å². The van der Waals surface area contributed by atoms with Gasteiger partial charge >= 0.3 is 12.7 Å². The van der Waals surface area contributed by atoms with Crippen LogP contribution in [0.25, 0.3) is 0 Å². The number of para-hydroxylation sites is 1. The van der Waals surface area contributed by atoms with Gasteiger partial charge in [0, 0.05) is 35.0 Å². The highest BCUT2D eigenvalue weighted by molar-refractivity contribution is 8.07. The van der Waals surface area contributed by atoms with Crippen molar-refractivity contribution >= 4 is 24.5 Å². The molecule has 0 aliphatic heterocycles. The van der Waals surface area contributed by atoms with Crippen molar-refractivity contribution in [2.75, 3.05) is 13.2 Å². The van der Waals surface area contributed by atoms with E-state index in [1.165, 1.54) is 5.57 Å². The predicted molar refractivity (Wildman–Crippen MR) is 187 cm³/mol. The molecular formula is C36H46N3O6PS. The maximum Gasteiger partial charge on any atom is 0.381 e. The molecule has 2 aromatic carbocycles. The summed E-state index contributed by atoms with van der Waals surface area (Å²) < 4.78 is 27.9. The van der Waals surface area contributed by atoms with E-state index in [4.69, 9.17) is 34.9 Å². The van der Waals surface area contributed by atoms with Gasteiger partial charge in [-0.1, -0.05) is 69.7 Å². The molecule has 3 aromatic rings. The smallest absolute Gasteiger partial charge is 0.381 e. The number of hydrogen-bond donors (Lipinski definition) is 0. The Morgan fingerprint density at radius 1 is 1.02 bits per heavy atom. The van der Waals surface area contributed by atoms with E-state index < -0.39 is 12.8 Å². The first kappa shape index (κ1) is 37.8. The number of rotatable bonds is 13. The molecule has 1 aliphatic rings. The summed E-state index contributed by atoms with van der Waals surface area (Å²) in [7, 11) is 0. The van der Waals surface area contributed by atoms with Gasteiger partial charge in [0.15, 0.2) is 0 Å². The molecule has 1 saturated carbocycles. The molecule has 1 fully saturated rings. The molecule has 47 heavy (non-hydrogen) atoms. The first-order valence-electron chi connectivity index (χ1n) is 15.7. The third-order valence-electron chi connectivity index (χ3n) is 7.31. The largest absolute Gasteiger partial charge is 0.457 e. The van der Waals surface area contributed by atoms with Crippen LogP contribution in [0.1, 0.15) is 84.5 Å². The maximum atomic E-state index is 12.7. The van der Waals surface area contributed by atoms with E-state index in [-0.39, 0.29) is 29.1 Å². The van der Waals surface area contributed by atoms with E-state index in [1.807, 2.05) is 84.9 Å². The molecule has 11 heteroatoms. The highest BCUT2D eigenvalue weighted by Gasteiger charge is 2.61. The van der Waals surface area contributed by atoms with Crippen molar-refractivity contribution in [3.8, 4) is 23.4 Å². The summed E-state index contributed by atoms with van der Waals surface area (Å²) in [6, 6.07) is 20.3. The highest BCUT2D eigenvalue weighted by atomic mass is 32.5. The topological polar surface area (TPSA) is 113 Å². The van der Waals surface area contributed by atoms with Crippen molar-refractivity contribution in [1.82, 2.24) is 9.97 Å². The number of carbonyl (C=O) groups is 1. The molecule has 0 N–H and O–H groups in total. The number of aryl methyl sites for hydroxylation is 1. The van der Waals surface area contributed by atoms with Crippen molar-refractivity contribution in [3.63, 3.8) is 0 Å². The third kappa shape index (κ3) is 11.0. The van der Waals surface area contributed by atoms with Gasteiger partial charge in [0.05, 0.1) is 19.1 Å². The van der Waals surface area contributed by atoms with Gasteiger partial charge in [-0.05, 0) is 70.2 Å². The van der Waals surface area contributed by atoms with Crippen LogP contribution >= 0.6 is 6.72 Å². The van der Waals surface area contributed by atoms with Gasteiger partial charge in [-0.25, -0.2) is 4.98 Å². The van der Waals surface area contributed by atoms with Crippen LogP contribution in [0, 0.1) is 35.5 Å². The lowest BCUT2D eigenvalue weighted by Gasteiger charge is -2.20. The number of allylic oxidation sites excluding steroid dienone is 2. The summed E-state index contributed by atoms with van der Waals surface area (Å²) in [4.78, 5) is 21.4. The van der Waals surface area contributed by atoms with Gasteiger partial charge in [-0.15, -0.1) is 0 Å². The minimum Gasteiger partial charge on any atom is -0.457 e. The van der Waals surface area contributed by atoms with Crippen molar-refractivity contribution < 1.29 is 27.8 Å². The molecule has 1 aromatic heterocycles. The van der Waals surface area contributed by atoms with Crippen LogP contribution in [0.4, 0.5) is 0 Å². The molecule has 1 aliphatic carbocycles. The minimum atomic E-state index is -2.77. The molecule has 3 unspecified atom stereocenters. The van der Waals surface area contributed by atoms with Crippen molar-refractivity contribution in [2.45, 2.75) is 74.3 Å². The summed E-state index contributed by atoms with van der Waals surface area (Å²) in [6.07, 6.45) is 1.15.